The van der Waals surface area contributed by atoms with Crippen molar-refractivity contribution in [3.8, 4) is 0 Å². The number of ether oxygens (including phenoxy) is 1. The van der Waals surface area contributed by atoms with Gasteiger partial charge in [0.2, 0.25) is 0 Å². The van der Waals surface area contributed by atoms with Gasteiger partial charge in [0.25, 0.3) is 0 Å². The smallest absolute Gasteiger partial charge is 0.317 e. The van der Waals surface area contributed by atoms with Crippen molar-refractivity contribution in [2.24, 2.45) is 5.92 Å². The van der Waals surface area contributed by atoms with Crippen LogP contribution < -0.4 is 5.32 Å². The molecule has 2 amide bonds. The van der Waals surface area contributed by atoms with E-state index < -0.39 is 0 Å². The summed E-state index contributed by atoms with van der Waals surface area (Å²) in [5, 5.41) is 3.19. The van der Waals surface area contributed by atoms with Crippen molar-refractivity contribution in [2.75, 3.05) is 19.7 Å². The minimum absolute atomic E-state index is 0.00250. The summed E-state index contributed by atoms with van der Waals surface area (Å²) in [5.41, 5.74) is 1.97. The molecule has 1 N–H and O–H groups in total. The van der Waals surface area contributed by atoms with Crippen LogP contribution >= 0.6 is 0 Å². The molecular weight excluding hydrogens is 302 g/mol. The van der Waals surface area contributed by atoms with E-state index in [1.54, 1.807) is 6.20 Å². The quantitative estimate of drug-likeness (QED) is 0.894. The van der Waals surface area contributed by atoms with E-state index >= 15 is 0 Å². The number of likely N-dealkylation sites (tertiary alicyclic amines) is 1. The summed E-state index contributed by atoms with van der Waals surface area (Å²) in [6.45, 7) is 12.6. The second-order valence-corrected chi connectivity index (χ2v) is 7.25. The van der Waals surface area contributed by atoms with E-state index in [9.17, 15) is 4.79 Å². The zero-order chi connectivity index (χ0) is 17.7. The summed E-state index contributed by atoms with van der Waals surface area (Å²) in [7, 11) is 0. The van der Waals surface area contributed by atoms with Gasteiger partial charge in [0.15, 0.2) is 0 Å². The Balaban J connectivity index is 2.01. The molecule has 1 aliphatic rings. The number of aryl methyl sites for hydroxylation is 1. The normalized spacial score (nSPS) is 18.5. The number of rotatable bonds is 5. The first kappa shape index (κ1) is 18.7. The summed E-state index contributed by atoms with van der Waals surface area (Å²) in [5.74, 6) is 0.279. The van der Waals surface area contributed by atoms with Crippen molar-refractivity contribution in [3.05, 3.63) is 29.6 Å². The molecule has 0 saturated carbocycles. The molecule has 1 aliphatic heterocycles. The van der Waals surface area contributed by atoms with Crippen molar-refractivity contribution < 1.29 is 9.53 Å². The molecule has 1 saturated heterocycles. The second kappa shape index (κ2) is 7.97. The highest BCUT2D eigenvalue weighted by atomic mass is 16.5. The van der Waals surface area contributed by atoms with Crippen LogP contribution in [0.4, 0.5) is 4.79 Å². The van der Waals surface area contributed by atoms with Crippen LogP contribution in [0.25, 0.3) is 0 Å². The van der Waals surface area contributed by atoms with E-state index in [-0.39, 0.29) is 23.6 Å². The van der Waals surface area contributed by atoms with Gasteiger partial charge < -0.3 is 15.0 Å². The molecular formula is C19H31N3O2. The highest BCUT2D eigenvalue weighted by Gasteiger charge is 2.33. The van der Waals surface area contributed by atoms with E-state index in [1.807, 2.05) is 30.9 Å². The number of piperidine rings is 1. The van der Waals surface area contributed by atoms with Crippen LogP contribution in [-0.2, 0) is 4.74 Å². The molecule has 0 aromatic carbocycles. The van der Waals surface area contributed by atoms with Crippen LogP contribution in [0.2, 0.25) is 0 Å². The highest BCUT2D eigenvalue weighted by molar-refractivity contribution is 5.75. The van der Waals surface area contributed by atoms with Crippen LogP contribution in [0.5, 0.6) is 0 Å². The van der Waals surface area contributed by atoms with Crippen molar-refractivity contribution in [3.63, 3.8) is 0 Å². The fourth-order valence-electron chi connectivity index (χ4n) is 3.27. The highest BCUT2D eigenvalue weighted by Crippen LogP contribution is 2.27. The Kier molecular flexibility index (Phi) is 6.21. The summed E-state index contributed by atoms with van der Waals surface area (Å²) in [4.78, 5) is 19.1. The summed E-state index contributed by atoms with van der Waals surface area (Å²) in [6, 6.07) is 3.89. The van der Waals surface area contributed by atoms with Gasteiger partial charge in [-0.3, -0.25) is 4.98 Å². The van der Waals surface area contributed by atoms with Gasteiger partial charge in [0, 0.05) is 25.9 Å². The molecule has 1 unspecified atom stereocenters. The van der Waals surface area contributed by atoms with Gasteiger partial charge in [-0.1, -0.05) is 19.9 Å². The minimum atomic E-state index is -0.0967. The summed E-state index contributed by atoms with van der Waals surface area (Å²) < 4.78 is 5.83. The molecule has 5 heteroatoms. The first-order valence-corrected chi connectivity index (χ1v) is 8.97. The Bertz CT molecular complexity index is 551. The molecule has 2 heterocycles. The maximum absolute atomic E-state index is 12.7. The van der Waals surface area contributed by atoms with Gasteiger partial charge in [0.1, 0.15) is 0 Å². The predicted octanol–water partition coefficient (Wildman–Crippen LogP) is 3.69. The summed E-state index contributed by atoms with van der Waals surface area (Å²) >= 11 is 0. The number of urea groups is 1. The van der Waals surface area contributed by atoms with Crippen molar-refractivity contribution in [2.45, 2.75) is 59.1 Å². The molecule has 0 spiro atoms. The largest absolute Gasteiger partial charge is 0.375 e. The lowest BCUT2D eigenvalue weighted by Gasteiger charge is -2.39. The van der Waals surface area contributed by atoms with E-state index in [1.165, 1.54) is 0 Å². The zero-order valence-electron chi connectivity index (χ0n) is 15.6. The number of nitrogens with zero attached hydrogens (tertiary/aromatic N) is 2. The first-order chi connectivity index (χ1) is 11.4. The van der Waals surface area contributed by atoms with Gasteiger partial charge >= 0.3 is 6.03 Å². The van der Waals surface area contributed by atoms with Crippen molar-refractivity contribution in [1.29, 1.82) is 0 Å². The Morgan fingerprint density at radius 2 is 2.08 bits per heavy atom. The Labute approximate surface area is 145 Å². The van der Waals surface area contributed by atoms with Gasteiger partial charge in [-0.05, 0) is 51.2 Å². The number of hydrogen-bond donors (Lipinski definition) is 1. The van der Waals surface area contributed by atoms with E-state index in [0.29, 0.717) is 0 Å². The average Bonchev–Trinajstić information content (AvgIpc) is 2.53. The fraction of sp³-hybridized carbons (Fsp3) is 0.684. The summed E-state index contributed by atoms with van der Waals surface area (Å²) in [6.07, 6.45) is 3.55. The molecule has 5 nitrogen and oxygen atoms in total. The van der Waals surface area contributed by atoms with Gasteiger partial charge in [-0.2, -0.15) is 0 Å². The van der Waals surface area contributed by atoms with Crippen LogP contribution in [0.15, 0.2) is 18.3 Å². The standard InChI is InChI=1S/C19H31N3O2/c1-6-24-19(5)9-12-22(13-10-19)18(23)21-16(14(2)3)17-15(4)8-7-11-20-17/h7-8,11,14,16H,6,9-10,12-13H2,1-5H3,(H,21,23). The lowest BCUT2D eigenvalue weighted by molar-refractivity contribution is -0.0597. The zero-order valence-corrected chi connectivity index (χ0v) is 15.6. The number of amides is 2. The molecule has 2 rings (SSSR count). The van der Waals surface area contributed by atoms with E-state index in [0.717, 1.165) is 43.8 Å². The number of nitrogens with one attached hydrogen (secondary N) is 1. The van der Waals surface area contributed by atoms with Crippen LogP contribution in [0.1, 0.15) is 57.8 Å². The lowest BCUT2D eigenvalue weighted by atomic mass is 9.93. The van der Waals surface area contributed by atoms with E-state index in [4.69, 9.17) is 4.74 Å². The number of pyridine rings is 1. The Morgan fingerprint density at radius 1 is 1.42 bits per heavy atom. The van der Waals surface area contributed by atoms with Crippen LogP contribution in [0, 0.1) is 12.8 Å². The molecule has 24 heavy (non-hydrogen) atoms. The van der Waals surface area contributed by atoms with Crippen molar-refractivity contribution >= 4 is 6.03 Å². The molecule has 0 bridgehead atoms. The third-order valence-corrected chi connectivity index (χ3v) is 4.89. The monoisotopic (exact) mass is 333 g/mol. The maximum Gasteiger partial charge on any atom is 0.317 e. The van der Waals surface area contributed by atoms with Gasteiger partial charge in [-0.15, -0.1) is 0 Å². The molecule has 134 valence electrons. The second-order valence-electron chi connectivity index (χ2n) is 7.25. The molecule has 0 radical (unpaired) electrons. The molecule has 0 aliphatic carbocycles. The Morgan fingerprint density at radius 3 is 2.62 bits per heavy atom. The lowest BCUT2D eigenvalue weighted by Crippen LogP contribution is -2.50. The molecule has 1 fully saturated rings. The Hall–Kier alpha value is -1.62. The molecule has 1 atom stereocenters. The first-order valence-electron chi connectivity index (χ1n) is 8.97. The maximum atomic E-state index is 12.7. The average molecular weight is 333 g/mol. The molecule has 1 aromatic rings. The van der Waals surface area contributed by atoms with E-state index in [2.05, 4.69) is 31.1 Å². The number of hydrogen-bond acceptors (Lipinski definition) is 3. The SMILES string of the molecule is CCOC1(C)CCN(C(=O)NC(c2ncccc2C)C(C)C)CC1. The topological polar surface area (TPSA) is 54.5 Å². The third kappa shape index (κ3) is 4.47. The fourth-order valence-corrected chi connectivity index (χ4v) is 3.27. The predicted molar refractivity (Wildman–Crippen MR) is 95.9 cm³/mol. The minimum Gasteiger partial charge on any atom is -0.375 e. The number of aromatic nitrogens is 1. The van der Waals surface area contributed by atoms with Gasteiger partial charge in [0.05, 0.1) is 17.3 Å². The molecule has 1 aromatic heterocycles. The van der Waals surface area contributed by atoms with Crippen LogP contribution in [-0.4, -0.2) is 41.2 Å². The number of carbonyl (C=O) groups is 1. The number of carbonyl (C=O) groups excluding carboxylic acids is 1. The van der Waals surface area contributed by atoms with Crippen molar-refractivity contribution in [1.82, 2.24) is 15.2 Å². The third-order valence-electron chi connectivity index (χ3n) is 4.89. The van der Waals surface area contributed by atoms with Crippen LogP contribution in [0.3, 0.4) is 0 Å². The van der Waals surface area contributed by atoms with Gasteiger partial charge in [-0.25, -0.2) is 4.79 Å².